The first-order chi connectivity index (χ1) is 9.99. The molecule has 0 aliphatic rings. The van der Waals surface area contributed by atoms with Gasteiger partial charge in [-0.25, -0.2) is 4.83 Å². The number of hydrogen-bond donors (Lipinski definition) is 1. The van der Waals surface area contributed by atoms with Crippen LogP contribution in [0.15, 0.2) is 64.6 Å². The van der Waals surface area contributed by atoms with E-state index < -0.39 is 16.0 Å². The molecule has 21 heavy (non-hydrogen) atoms. The predicted molar refractivity (Wildman–Crippen MR) is 75.1 cm³/mol. The molecule has 0 aromatic heterocycles. The molecule has 2 rings (SSSR count). The third-order valence-electron chi connectivity index (χ3n) is 2.59. The number of benzene rings is 2. The first kappa shape index (κ1) is 14.7. The topological polar surface area (TPSA) is 98.7 Å². The second kappa shape index (κ2) is 6.19. The van der Waals surface area contributed by atoms with Gasteiger partial charge in [-0.3, -0.25) is 0 Å². The zero-order valence-electron chi connectivity index (χ0n) is 10.8. The Kier molecular flexibility index (Phi) is 4.34. The highest BCUT2D eigenvalue weighted by atomic mass is 32.2. The number of nitrogens with zero attached hydrogens (tertiary/aromatic N) is 1. The SMILES string of the molecule is O=C([O-])c1ccc(/C=N\NS(=O)(=O)c2ccccc2)cc1. The highest BCUT2D eigenvalue weighted by Gasteiger charge is 2.10. The van der Waals surface area contributed by atoms with Gasteiger partial charge in [0.05, 0.1) is 17.1 Å². The lowest BCUT2D eigenvalue weighted by atomic mass is 10.1. The number of carboxylic acids is 1. The summed E-state index contributed by atoms with van der Waals surface area (Å²) < 4.78 is 23.7. The maximum absolute atomic E-state index is 11.9. The molecule has 0 fully saturated rings. The van der Waals surface area contributed by atoms with E-state index in [0.29, 0.717) is 5.56 Å². The zero-order valence-corrected chi connectivity index (χ0v) is 11.6. The molecule has 7 heteroatoms. The van der Waals surface area contributed by atoms with Gasteiger partial charge in [0.25, 0.3) is 10.0 Å². The van der Waals surface area contributed by atoms with Crippen LogP contribution in [-0.4, -0.2) is 20.6 Å². The highest BCUT2D eigenvalue weighted by molar-refractivity contribution is 7.89. The fraction of sp³-hybridized carbons (Fsp3) is 0. The fourth-order valence-electron chi connectivity index (χ4n) is 1.53. The van der Waals surface area contributed by atoms with Crippen molar-refractivity contribution in [2.24, 2.45) is 5.10 Å². The first-order valence-corrected chi connectivity index (χ1v) is 7.39. The van der Waals surface area contributed by atoms with Crippen LogP contribution >= 0.6 is 0 Å². The number of sulfonamides is 1. The van der Waals surface area contributed by atoms with Gasteiger partial charge in [-0.05, 0) is 23.3 Å². The van der Waals surface area contributed by atoms with Crippen LogP contribution in [0.4, 0.5) is 0 Å². The molecule has 0 unspecified atom stereocenters. The molecule has 0 heterocycles. The van der Waals surface area contributed by atoms with Crippen molar-refractivity contribution in [2.45, 2.75) is 4.90 Å². The maximum Gasteiger partial charge on any atom is 0.276 e. The smallest absolute Gasteiger partial charge is 0.276 e. The summed E-state index contributed by atoms with van der Waals surface area (Å²) in [5.41, 5.74) is 0.591. The lowest BCUT2D eigenvalue weighted by Gasteiger charge is -2.03. The number of hydrogen-bond acceptors (Lipinski definition) is 5. The van der Waals surface area contributed by atoms with Gasteiger partial charge in [-0.15, -0.1) is 0 Å². The Balaban J connectivity index is 2.07. The van der Waals surface area contributed by atoms with Crippen LogP contribution in [0.1, 0.15) is 15.9 Å². The van der Waals surface area contributed by atoms with Gasteiger partial charge in [-0.2, -0.15) is 13.5 Å². The number of hydrazone groups is 1. The van der Waals surface area contributed by atoms with Gasteiger partial charge in [0.1, 0.15) is 0 Å². The normalized spacial score (nSPS) is 11.4. The summed E-state index contributed by atoms with van der Waals surface area (Å²) in [5, 5.41) is 14.2. The number of rotatable bonds is 5. The largest absolute Gasteiger partial charge is 0.545 e. The molecule has 0 atom stereocenters. The van der Waals surface area contributed by atoms with Gasteiger partial charge in [0.15, 0.2) is 0 Å². The van der Waals surface area contributed by atoms with E-state index in [4.69, 9.17) is 0 Å². The summed E-state index contributed by atoms with van der Waals surface area (Å²) in [6, 6.07) is 13.5. The van der Waals surface area contributed by atoms with Gasteiger partial charge >= 0.3 is 0 Å². The van der Waals surface area contributed by atoms with Crippen LogP contribution in [0, 0.1) is 0 Å². The summed E-state index contributed by atoms with van der Waals surface area (Å²) in [6.45, 7) is 0. The summed E-state index contributed by atoms with van der Waals surface area (Å²) in [4.78, 5) is 12.8. The Bertz CT molecular complexity index is 753. The lowest BCUT2D eigenvalue weighted by Crippen LogP contribution is -2.22. The summed E-state index contributed by atoms with van der Waals surface area (Å²) >= 11 is 0. The van der Waals surface area contributed by atoms with Crippen molar-refractivity contribution >= 4 is 22.2 Å². The third kappa shape index (κ3) is 3.90. The van der Waals surface area contributed by atoms with Crippen molar-refractivity contribution in [1.29, 1.82) is 0 Å². The zero-order chi connectivity index (χ0) is 15.3. The van der Waals surface area contributed by atoms with E-state index in [1.54, 1.807) is 18.2 Å². The molecule has 0 spiro atoms. The molecule has 2 aromatic rings. The number of carbonyl (C=O) groups is 1. The van der Waals surface area contributed by atoms with E-state index in [1.807, 2.05) is 0 Å². The maximum atomic E-state index is 11.9. The number of aromatic carboxylic acids is 1. The average Bonchev–Trinajstić information content (AvgIpc) is 2.48. The summed E-state index contributed by atoms with van der Waals surface area (Å²) in [7, 11) is -3.70. The lowest BCUT2D eigenvalue weighted by molar-refractivity contribution is -0.255. The molecule has 2 aromatic carbocycles. The number of nitrogens with one attached hydrogen (secondary N) is 1. The Morgan fingerprint density at radius 3 is 2.24 bits per heavy atom. The van der Waals surface area contributed by atoms with Crippen LogP contribution < -0.4 is 9.94 Å². The van der Waals surface area contributed by atoms with Crippen LogP contribution in [0.2, 0.25) is 0 Å². The summed E-state index contributed by atoms with van der Waals surface area (Å²) in [6.07, 6.45) is 1.28. The Labute approximate surface area is 121 Å². The molecule has 108 valence electrons. The van der Waals surface area contributed by atoms with Crippen LogP contribution in [0.25, 0.3) is 0 Å². The standard InChI is InChI=1S/C14H12N2O4S/c17-14(18)12-8-6-11(7-9-12)10-15-16-21(19,20)13-4-2-1-3-5-13/h1-10,16H,(H,17,18)/p-1/b15-10-. The highest BCUT2D eigenvalue weighted by Crippen LogP contribution is 2.07. The van der Waals surface area contributed by atoms with Crippen molar-refractivity contribution in [2.75, 3.05) is 0 Å². The third-order valence-corrected chi connectivity index (χ3v) is 3.82. The fourth-order valence-corrected chi connectivity index (χ4v) is 2.34. The Morgan fingerprint density at radius 1 is 1.05 bits per heavy atom. The van der Waals surface area contributed by atoms with Crippen molar-refractivity contribution in [3.05, 3.63) is 65.7 Å². The molecular formula is C14H11N2O4S-. The van der Waals surface area contributed by atoms with Crippen LogP contribution in [0.5, 0.6) is 0 Å². The van der Waals surface area contributed by atoms with E-state index >= 15 is 0 Å². The monoisotopic (exact) mass is 303 g/mol. The van der Waals surface area contributed by atoms with Crippen LogP contribution in [-0.2, 0) is 10.0 Å². The quantitative estimate of drug-likeness (QED) is 0.637. The second-order valence-corrected chi connectivity index (χ2v) is 5.74. The Morgan fingerprint density at radius 2 is 1.67 bits per heavy atom. The predicted octanol–water partition coefficient (Wildman–Crippen LogP) is 0.362. The van der Waals surface area contributed by atoms with E-state index in [-0.39, 0.29) is 10.5 Å². The molecule has 0 bridgehead atoms. The molecule has 0 aliphatic heterocycles. The van der Waals surface area contributed by atoms with Crippen molar-refractivity contribution in [1.82, 2.24) is 4.83 Å². The molecular weight excluding hydrogens is 292 g/mol. The van der Waals surface area contributed by atoms with Crippen molar-refractivity contribution < 1.29 is 18.3 Å². The van der Waals surface area contributed by atoms with E-state index in [0.717, 1.165) is 0 Å². The molecule has 6 nitrogen and oxygen atoms in total. The van der Waals surface area contributed by atoms with Gasteiger partial charge in [-0.1, -0.05) is 42.5 Å². The van der Waals surface area contributed by atoms with E-state index in [9.17, 15) is 18.3 Å². The van der Waals surface area contributed by atoms with Gasteiger partial charge < -0.3 is 9.90 Å². The first-order valence-electron chi connectivity index (χ1n) is 5.90. The minimum absolute atomic E-state index is 0.0389. The molecule has 0 amide bonds. The molecule has 0 saturated carbocycles. The minimum Gasteiger partial charge on any atom is -0.545 e. The van der Waals surface area contributed by atoms with E-state index in [1.165, 1.54) is 42.6 Å². The van der Waals surface area contributed by atoms with Crippen LogP contribution in [0.3, 0.4) is 0 Å². The Hall–Kier alpha value is -2.67. The molecule has 0 aliphatic carbocycles. The molecule has 0 saturated heterocycles. The van der Waals surface area contributed by atoms with Gasteiger partial charge in [0, 0.05) is 0 Å². The number of carbonyl (C=O) groups excluding carboxylic acids is 1. The molecule has 1 N–H and O–H groups in total. The van der Waals surface area contributed by atoms with Gasteiger partial charge in [0.2, 0.25) is 0 Å². The summed E-state index contributed by atoms with van der Waals surface area (Å²) in [5.74, 6) is -1.27. The minimum atomic E-state index is -3.70. The average molecular weight is 303 g/mol. The molecule has 0 radical (unpaired) electrons. The second-order valence-electron chi connectivity index (χ2n) is 4.08. The van der Waals surface area contributed by atoms with Crippen molar-refractivity contribution in [3.8, 4) is 0 Å². The number of carboxylic acid groups (broad SMARTS) is 1. The van der Waals surface area contributed by atoms with E-state index in [2.05, 4.69) is 9.93 Å². The van der Waals surface area contributed by atoms with Crippen molar-refractivity contribution in [3.63, 3.8) is 0 Å².